The smallest absolute Gasteiger partial charge is 0.149 e. The van der Waals surface area contributed by atoms with Crippen LogP contribution in [0.15, 0.2) is 0 Å². The maximum Gasteiger partial charge on any atom is 0.149 e. The normalized spacial score (nSPS) is 30.1. The van der Waals surface area contributed by atoms with Crippen LogP contribution in [0.25, 0.3) is 0 Å². The third-order valence-electron chi connectivity index (χ3n) is 3.33. The first-order valence-electron chi connectivity index (χ1n) is 5.56. The Bertz CT molecular complexity index is 282. The molecule has 3 N–H and O–H groups in total. The van der Waals surface area contributed by atoms with E-state index >= 15 is 0 Å². The fourth-order valence-electron chi connectivity index (χ4n) is 2.33. The summed E-state index contributed by atoms with van der Waals surface area (Å²) < 4.78 is 22.4. The Morgan fingerprint density at radius 1 is 1.33 bits per heavy atom. The van der Waals surface area contributed by atoms with Gasteiger partial charge in [-0.05, 0) is 24.7 Å². The maximum atomic E-state index is 11.2. The molecule has 0 heterocycles. The Kier molecular flexibility index (Phi) is 4.55. The number of hydrogen-bond acceptors (Lipinski definition) is 4. The molecule has 0 aromatic rings. The molecule has 0 aromatic heterocycles. The van der Waals surface area contributed by atoms with Gasteiger partial charge in [-0.2, -0.15) is 0 Å². The average Bonchev–Trinajstić information content (AvgIpc) is 2.14. The second-order valence-electron chi connectivity index (χ2n) is 4.89. The van der Waals surface area contributed by atoms with Gasteiger partial charge in [0, 0.05) is 12.3 Å². The quantitative estimate of drug-likeness (QED) is 0.554. The van der Waals surface area contributed by atoms with Gasteiger partial charge in [-0.25, -0.2) is 8.42 Å². The van der Waals surface area contributed by atoms with E-state index in [4.69, 9.17) is 5.84 Å². The molecule has 1 aliphatic carbocycles. The van der Waals surface area contributed by atoms with E-state index in [1.165, 1.54) is 19.1 Å². The van der Waals surface area contributed by atoms with Crippen LogP contribution in [0.5, 0.6) is 0 Å². The van der Waals surface area contributed by atoms with Crippen molar-refractivity contribution in [3.8, 4) is 0 Å². The van der Waals surface area contributed by atoms with Crippen LogP contribution in [0.4, 0.5) is 0 Å². The van der Waals surface area contributed by atoms with Gasteiger partial charge in [-0.1, -0.05) is 19.8 Å². The Morgan fingerprint density at radius 3 is 2.27 bits per heavy atom. The summed E-state index contributed by atoms with van der Waals surface area (Å²) in [6, 6.07) is -0.0764. The van der Waals surface area contributed by atoms with Crippen molar-refractivity contribution in [2.45, 2.75) is 38.6 Å². The summed E-state index contributed by atoms with van der Waals surface area (Å²) in [7, 11) is -2.94. The summed E-state index contributed by atoms with van der Waals surface area (Å²) in [5.74, 6) is 6.78. The summed E-state index contributed by atoms with van der Waals surface area (Å²) >= 11 is 0. The first-order valence-corrected chi connectivity index (χ1v) is 7.62. The third-order valence-corrected chi connectivity index (χ3v) is 4.29. The van der Waals surface area contributed by atoms with Crippen molar-refractivity contribution in [3.63, 3.8) is 0 Å². The van der Waals surface area contributed by atoms with Crippen molar-refractivity contribution < 1.29 is 8.42 Å². The second kappa shape index (κ2) is 5.27. The highest BCUT2D eigenvalue weighted by Gasteiger charge is 2.27. The molecule has 0 spiro atoms. The summed E-state index contributed by atoms with van der Waals surface area (Å²) in [6.07, 6.45) is 5.82. The third kappa shape index (κ3) is 4.49. The number of nitrogens with two attached hydrogens (primary N) is 1. The van der Waals surface area contributed by atoms with E-state index in [0.29, 0.717) is 5.92 Å². The highest BCUT2D eigenvalue weighted by atomic mass is 32.2. The zero-order chi connectivity index (χ0) is 11.5. The highest BCUT2D eigenvalue weighted by Crippen LogP contribution is 2.30. The van der Waals surface area contributed by atoms with E-state index in [1.807, 2.05) is 0 Å². The predicted octanol–water partition coefficient (Wildman–Crippen LogP) is 0.689. The van der Waals surface area contributed by atoms with Gasteiger partial charge in [0.25, 0.3) is 0 Å². The number of hydrazine groups is 1. The first-order chi connectivity index (χ1) is 6.92. The molecule has 0 amide bonds. The summed E-state index contributed by atoms with van der Waals surface area (Å²) in [5.41, 5.74) is 2.66. The van der Waals surface area contributed by atoms with Gasteiger partial charge in [0.2, 0.25) is 0 Å². The van der Waals surface area contributed by atoms with Crippen LogP contribution in [-0.4, -0.2) is 26.5 Å². The summed E-state index contributed by atoms with van der Waals surface area (Å²) in [5, 5.41) is 0. The molecule has 1 atom stereocenters. The van der Waals surface area contributed by atoms with E-state index in [9.17, 15) is 8.42 Å². The largest absolute Gasteiger partial charge is 0.271 e. The fraction of sp³-hybridized carbons (Fsp3) is 1.00. The van der Waals surface area contributed by atoms with Gasteiger partial charge in [0.05, 0.1) is 5.75 Å². The van der Waals surface area contributed by atoms with Crippen molar-refractivity contribution in [1.29, 1.82) is 0 Å². The molecule has 0 saturated heterocycles. The van der Waals surface area contributed by atoms with Crippen molar-refractivity contribution in [1.82, 2.24) is 5.43 Å². The monoisotopic (exact) mass is 234 g/mol. The van der Waals surface area contributed by atoms with Crippen molar-refractivity contribution in [3.05, 3.63) is 0 Å². The van der Waals surface area contributed by atoms with Gasteiger partial charge in [0.15, 0.2) is 0 Å². The van der Waals surface area contributed by atoms with E-state index in [2.05, 4.69) is 12.3 Å². The molecule has 1 saturated carbocycles. The van der Waals surface area contributed by atoms with Gasteiger partial charge in [-0.15, -0.1) is 0 Å². The molecule has 15 heavy (non-hydrogen) atoms. The van der Waals surface area contributed by atoms with Gasteiger partial charge < -0.3 is 0 Å². The van der Waals surface area contributed by atoms with E-state index in [-0.39, 0.29) is 11.8 Å². The van der Waals surface area contributed by atoms with Crippen molar-refractivity contribution >= 4 is 9.84 Å². The highest BCUT2D eigenvalue weighted by molar-refractivity contribution is 7.90. The lowest BCUT2D eigenvalue weighted by Gasteiger charge is -2.31. The lowest BCUT2D eigenvalue weighted by Crippen LogP contribution is -2.46. The lowest BCUT2D eigenvalue weighted by molar-refractivity contribution is 0.241. The number of rotatable bonds is 4. The summed E-state index contributed by atoms with van der Waals surface area (Å²) in [6.45, 7) is 2.25. The number of nitrogens with one attached hydrogen (secondary N) is 1. The first kappa shape index (κ1) is 12.9. The molecule has 5 heteroatoms. The molecule has 90 valence electrons. The van der Waals surface area contributed by atoms with Crippen LogP contribution in [0, 0.1) is 11.8 Å². The Labute approximate surface area is 92.5 Å². The van der Waals surface area contributed by atoms with Crippen LogP contribution in [0.1, 0.15) is 32.6 Å². The van der Waals surface area contributed by atoms with Gasteiger partial charge in [0.1, 0.15) is 9.84 Å². The minimum absolute atomic E-state index is 0.0764. The molecule has 0 aromatic carbocycles. The predicted molar refractivity (Wildman–Crippen MR) is 61.9 cm³/mol. The molecule has 0 aliphatic heterocycles. The van der Waals surface area contributed by atoms with Crippen molar-refractivity contribution in [2.24, 2.45) is 17.7 Å². The van der Waals surface area contributed by atoms with Crippen LogP contribution in [-0.2, 0) is 9.84 Å². The zero-order valence-electron chi connectivity index (χ0n) is 9.57. The number of hydrogen-bond donors (Lipinski definition) is 2. The molecule has 1 aliphatic rings. The Morgan fingerprint density at radius 2 is 1.87 bits per heavy atom. The molecule has 4 nitrogen and oxygen atoms in total. The van der Waals surface area contributed by atoms with E-state index < -0.39 is 9.84 Å². The van der Waals surface area contributed by atoms with E-state index in [0.717, 1.165) is 18.8 Å². The minimum atomic E-state index is -2.94. The van der Waals surface area contributed by atoms with Crippen molar-refractivity contribution in [2.75, 3.05) is 12.0 Å². The second-order valence-corrected chi connectivity index (χ2v) is 7.07. The average molecular weight is 234 g/mol. The molecular weight excluding hydrogens is 212 g/mol. The zero-order valence-corrected chi connectivity index (χ0v) is 10.4. The van der Waals surface area contributed by atoms with Crippen LogP contribution in [0.2, 0.25) is 0 Å². The maximum absolute atomic E-state index is 11.2. The molecule has 1 rings (SSSR count). The Hall–Kier alpha value is -0.130. The minimum Gasteiger partial charge on any atom is -0.271 e. The van der Waals surface area contributed by atoms with E-state index in [1.54, 1.807) is 0 Å². The molecular formula is C10H22N2O2S. The SMILES string of the molecule is CC1CCC(C(CS(C)(=O)=O)NN)CC1. The molecule has 0 radical (unpaired) electrons. The fourth-order valence-corrected chi connectivity index (χ4v) is 3.36. The molecule has 1 unspecified atom stereocenters. The number of sulfone groups is 1. The molecule has 0 bridgehead atoms. The standard InChI is InChI=1S/C10H22N2O2S/c1-8-3-5-9(6-4-8)10(12-11)7-15(2,13)14/h8-10,12H,3-7,11H2,1-2H3. The Balaban J connectivity index is 2.52. The molecule has 1 fully saturated rings. The van der Waals surface area contributed by atoms with Gasteiger partial charge >= 0.3 is 0 Å². The van der Waals surface area contributed by atoms with Crippen LogP contribution >= 0.6 is 0 Å². The topological polar surface area (TPSA) is 72.2 Å². The summed E-state index contributed by atoms with van der Waals surface area (Å²) in [4.78, 5) is 0. The van der Waals surface area contributed by atoms with Crippen LogP contribution in [0.3, 0.4) is 0 Å². The lowest BCUT2D eigenvalue weighted by atomic mass is 9.80. The van der Waals surface area contributed by atoms with Crippen LogP contribution < -0.4 is 11.3 Å². The van der Waals surface area contributed by atoms with Gasteiger partial charge in [-0.3, -0.25) is 11.3 Å².